The number of hydrogen-bond acceptors (Lipinski definition) is 4. The van der Waals surface area contributed by atoms with Crippen molar-refractivity contribution in [3.05, 3.63) is 41.3 Å². The zero-order valence-corrected chi connectivity index (χ0v) is 11.4. The Balaban J connectivity index is 2.12. The van der Waals surface area contributed by atoms with Crippen molar-refractivity contribution < 1.29 is 0 Å². The van der Waals surface area contributed by atoms with E-state index in [4.69, 9.17) is 17.3 Å². The summed E-state index contributed by atoms with van der Waals surface area (Å²) in [6, 6.07) is 8.33. The second-order valence-corrected chi connectivity index (χ2v) is 5.30. The first kappa shape index (κ1) is 12.2. The maximum absolute atomic E-state index is 6.00. The van der Waals surface area contributed by atoms with Crippen LogP contribution in [-0.2, 0) is 6.42 Å². The molecular weight excluding hydrogens is 260 g/mol. The molecule has 1 aliphatic heterocycles. The number of nitrogens with zero attached hydrogens (tertiary/aromatic N) is 3. The zero-order chi connectivity index (χ0) is 13.4. The van der Waals surface area contributed by atoms with Crippen LogP contribution in [0.2, 0.25) is 5.28 Å². The van der Waals surface area contributed by atoms with Crippen molar-refractivity contribution in [3.8, 4) is 0 Å². The van der Waals surface area contributed by atoms with Crippen LogP contribution in [0, 0.1) is 5.92 Å². The SMILES string of the molecule is CC1Cc2ccccc2N(c2nc(Cl)ncc2N)C1. The molecule has 98 valence electrons. The molecule has 19 heavy (non-hydrogen) atoms. The number of hydrogen-bond donors (Lipinski definition) is 1. The summed E-state index contributed by atoms with van der Waals surface area (Å²) in [4.78, 5) is 10.3. The minimum Gasteiger partial charge on any atom is -0.394 e. The third-order valence-electron chi connectivity index (χ3n) is 3.37. The van der Waals surface area contributed by atoms with E-state index in [2.05, 4.69) is 40.0 Å². The number of fused-ring (bicyclic) bond motifs is 1. The standard InChI is InChI=1S/C14H15ClN4/c1-9-6-10-4-2-3-5-12(10)19(8-9)13-11(16)7-17-14(15)18-13/h2-5,7,9H,6,8,16H2,1H3. The summed E-state index contributed by atoms with van der Waals surface area (Å²) in [7, 11) is 0. The average Bonchev–Trinajstić information content (AvgIpc) is 2.40. The average molecular weight is 275 g/mol. The fraction of sp³-hybridized carbons (Fsp3) is 0.286. The monoisotopic (exact) mass is 274 g/mol. The Hall–Kier alpha value is -1.81. The Bertz CT molecular complexity index is 614. The van der Waals surface area contributed by atoms with Gasteiger partial charge in [0.25, 0.3) is 0 Å². The lowest BCUT2D eigenvalue weighted by Crippen LogP contribution is -2.31. The lowest BCUT2D eigenvalue weighted by atomic mass is 9.94. The quantitative estimate of drug-likeness (QED) is 0.812. The summed E-state index contributed by atoms with van der Waals surface area (Å²) in [5, 5.41) is 0.222. The molecule has 0 fully saturated rings. The maximum Gasteiger partial charge on any atom is 0.224 e. The molecule has 0 amide bonds. The van der Waals surface area contributed by atoms with Crippen molar-refractivity contribution in [2.45, 2.75) is 13.3 Å². The Kier molecular flexibility index (Phi) is 3.03. The van der Waals surface area contributed by atoms with Crippen molar-refractivity contribution in [2.24, 2.45) is 5.92 Å². The molecule has 5 heteroatoms. The van der Waals surface area contributed by atoms with E-state index in [0.717, 1.165) is 18.7 Å². The van der Waals surface area contributed by atoms with Crippen molar-refractivity contribution >= 4 is 28.8 Å². The molecule has 1 aliphatic rings. The first-order valence-corrected chi connectivity index (χ1v) is 6.66. The highest BCUT2D eigenvalue weighted by Gasteiger charge is 2.25. The molecule has 1 aromatic carbocycles. The van der Waals surface area contributed by atoms with Gasteiger partial charge < -0.3 is 10.6 Å². The van der Waals surface area contributed by atoms with Crippen molar-refractivity contribution in [2.75, 3.05) is 17.2 Å². The normalized spacial score (nSPS) is 18.2. The number of halogens is 1. The molecule has 2 aromatic rings. The van der Waals surface area contributed by atoms with Crippen LogP contribution in [0.1, 0.15) is 12.5 Å². The Morgan fingerprint density at radius 1 is 1.37 bits per heavy atom. The minimum atomic E-state index is 0.222. The van der Waals surface area contributed by atoms with Crippen molar-refractivity contribution in [1.29, 1.82) is 0 Å². The molecule has 1 aromatic heterocycles. The fourth-order valence-electron chi connectivity index (χ4n) is 2.57. The van der Waals surface area contributed by atoms with E-state index in [1.165, 1.54) is 5.56 Å². The van der Waals surface area contributed by atoms with Crippen LogP contribution in [0.3, 0.4) is 0 Å². The van der Waals surface area contributed by atoms with Gasteiger partial charge in [-0.3, -0.25) is 0 Å². The maximum atomic E-state index is 6.00. The van der Waals surface area contributed by atoms with Gasteiger partial charge in [0.05, 0.1) is 11.9 Å². The van der Waals surface area contributed by atoms with Crippen molar-refractivity contribution in [3.63, 3.8) is 0 Å². The topological polar surface area (TPSA) is 55.0 Å². The van der Waals surface area contributed by atoms with Gasteiger partial charge in [0.1, 0.15) is 0 Å². The Labute approximate surface area is 117 Å². The first-order valence-electron chi connectivity index (χ1n) is 6.28. The summed E-state index contributed by atoms with van der Waals surface area (Å²) >= 11 is 5.90. The predicted octanol–water partition coefficient (Wildman–Crippen LogP) is 3.04. The summed E-state index contributed by atoms with van der Waals surface area (Å²) in [6.07, 6.45) is 2.64. The fourth-order valence-corrected chi connectivity index (χ4v) is 2.70. The van der Waals surface area contributed by atoms with Gasteiger partial charge in [0.15, 0.2) is 5.82 Å². The molecule has 0 bridgehead atoms. The van der Waals surface area contributed by atoms with Crippen LogP contribution in [-0.4, -0.2) is 16.5 Å². The van der Waals surface area contributed by atoms with Gasteiger partial charge in [0, 0.05) is 12.2 Å². The van der Waals surface area contributed by atoms with Gasteiger partial charge in [0.2, 0.25) is 5.28 Å². The third-order valence-corrected chi connectivity index (χ3v) is 3.55. The summed E-state index contributed by atoms with van der Waals surface area (Å²) in [5.74, 6) is 1.24. The van der Waals surface area contributed by atoms with Crippen LogP contribution in [0.5, 0.6) is 0 Å². The Morgan fingerprint density at radius 2 is 2.16 bits per heavy atom. The zero-order valence-electron chi connectivity index (χ0n) is 10.7. The first-order chi connectivity index (χ1) is 9.15. The number of nitrogens with two attached hydrogens (primary N) is 1. The molecular formula is C14H15ClN4. The van der Waals surface area contributed by atoms with Gasteiger partial charge in [-0.05, 0) is 35.6 Å². The highest BCUT2D eigenvalue weighted by Crippen LogP contribution is 2.36. The van der Waals surface area contributed by atoms with Crippen LogP contribution < -0.4 is 10.6 Å². The molecule has 0 saturated carbocycles. The van der Waals surface area contributed by atoms with Crippen molar-refractivity contribution in [1.82, 2.24) is 9.97 Å². The summed E-state index contributed by atoms with van der Waals surface area (Å²) < 4.78 is 0. The van der Waals surface area contributed by atoms with E-state index in [0.29, 0.717) is 17.4 Å². The highest BCUT2D eigenvalue weighted by molar-refractivity contribution is 6.28. The summed E-state index contributed by atoms with van der Waals surface area (Å²) in [6.45, 7) is 3.11. The van der Waals surface area contributed by atoms with Crippen LogP contribution in [0.25, 0.3) is 0 Å². The molecule has 2 N–H and O–H groups in total. The number of aromatic nitrogens is 2. The molecule has 2 heterocycles. The second kappa shape index (κ2) is 4.70. The van der Waals surface area contributed by atoms with Crippen LogP contribution in [0.4, 0.5) is 17.2 Å². The smallest absolute Gasteiger partial charge is 0.224 e. The molecule has 1 atom stereocenters. The van der Waals surface area contributed by atoms with E-state index < -0.39 is 0 Å². The second-order valence-electron chi connectivity index (χ2n) is 4.97. The van der Waals surface area contributed by atoms with E-state index in [-0.39, 0.29) is 5.28 Å². The number of anilines is 3. The molecule has 3 rings (SSSR count). The van der Waals surface area contributed by atoms with E-state index >= 15 is 0 Å². The molecule has 0 radical (unpaired) electrons. The highest BCUT2D eigenvalue weighted by atomic mass is 35.5. The Morgan fingerprint density at radius 3 is 3.00 bits per heavy atom. The number of nitrogen functional groups attached to an aromatic ring is 1. The van der Waals surface area contributed by atoms with Gasteiger partial charge >= 0.3 is 0 Å². The van der Waals surface area contributed by atoms with Gasteiger partial charge in [-0.25, -0.2) is 4.98 Å². The predicted molar refractivity (Wildman–Crippen MR) is 77.8 cm³/mol. The lowest BCUT2D eigenvalue weighted by Gasteiger charge is -2.34. The largest absolute Gasteiger partial charge is 0.394 e. The lowest BCUT2D eigenvalue weighted by molar-refractivity contribution is 0.560. The molecule has 0 spiro atoms. The molecule has 0 aliphatic carbocycles. The molecule has 4 nitrogen and oxygen atoms in total. The number of benzene rings is 1. The van der Waals surface area contributed by atoms with Crippen LogP contribution in [0.15, 0.2) is 30.5 Å². The molecule has 1 unspecified atom stereocenters. The van der Waals surface area contributed by atoms with Gasteiger partial charge in [-0.1, -0.05) is 25.1 Å². The van der Waals surface area contributed by atoms with E-state index in [1.54, 1.807) is 6.20 Å². The van der Waals surface area contributed by atoms with E-state index in [1.807, 2.05) is 6.07 Å². The minimum absolute atomic E-state index is 0.222. The van der Waals surface area contributed by atoms with E-state index in [9.17, 15) is 0 Å². The third kappa shape index (κ3) is 2.24. The summed E-state index contributed by atoms with van der Waals surface area (Å²) in [5.41, 5.74) is 9.02. The number of rotatable bonds is 1. The van der Waals surface area contributed by atoms with Crippen LogP contribution >= 0.6 is 11.6 Å². The van der Waals surface area contributed by atoms with Gasteiger partial charge in [-0.15, -0.1) is 0 Å². The van der Waals surface area contributed by atoms with Gasteiger partial charge in [-0.2, -0.15) is 4.98 Å². The number of para-hydroxylation sites is 1. The molecule has 0 saturated heterocycles.